The van der Waals surface area contributed by atoms with Crippen LogP contribution in [0.15, 0.2) is 72.8 Å². The molecule has 0 aliphatic carbocycles. The average Bonchev–Trinajstić information content (AvgIpc) is 2.69. The van der Waals surface area contributed by atoms with Gasteiger partial charge in [0.1, 0.15) is 5.75 Å². The van der Waals surface area contributed by atoms with Gasteiger partial charge in [-0.05, 0) is 60.4 Å². The number of carbonyl (C=O) groups excluding carboxylic acids is 1. The third kappa shape index (κ3) is 3.94. The fourth-order valence-electron chi connectivity index (χ4n) is 2.95. The van der Waals surface area contributed by atoms with Gasteiger partial charge in [0.05, 0.1) is 13.2 Å². The summed E-state index contributed by atoms with van der Waals surface area (Å²) in [5.74, 6) is 0.744. The standard InChI is InChI=1S/C23H23NO2/c1-16-9-10-20(15-22(16)19-11-13-21(26-3)14-12-19)23(25)24-17(2)18-7-5-4-6-8-18/h4-15,17H,1-3H3,(H,24,25). The van der Waals surface area contributed by atoms with Crippen LogP contribution in [0, 0.1) is 6.92 Å². The minimum Gasteiger partial charge on any atom is -0.497 e. The van der Waals surface area contributed by atoms with Gasteiger partial charge in [0, 0.05) is 5.56 Å². The molecule has 0 heterocycles. The lowest BCUT2D eigenvalue weighted by Crippen LogP contribution is -2.26. The topological polar surface area (TPSA) is 38.3 Å². The van der Waals surface area contributed by atoms with Crippen LogP contribution in [0.1, 0.15) is 34.5 Å². The number of benzene rings is 3. The third-order valence-electron chi connectivity index (χ3n) is 4.55. The van der Waals surface area contributed by atoms with Crippen molar-refractivity contribution in [1.82, 2.24) is 5.32 Å². The zero-order valence-electron chi connectivity index (χ0n) is 15.3. The average molecular weight is 345 g/mol. The molecular weight excluding hydrogens is 322 g/mol. The van der Waals surface area contributed by atoms with Crippen molar-refractivity contribution >= 4 is 5.91 Å². The summed E-state index contributed by atoms with van der Waals surface area (Å²) in [4.78, 5) is 12.7. The largest absolute Gasteiger partial charge is 0.497 e. The van der Waals surface area contributed by atoms with Crippen LogP contribution in [0.25, 0.3) is 11.1 Å². The summed E-state index contributed by atoms with van der Waals surface area (Å²) >= 11 is 0. The van der Waals surface area contributed by atoms with E-state index in [1.165, 1.54) is 0 Å². The highest BCUT2D eigenvalue weighted by molar-refractivity contribution is 5.96. The molecule has 3 heteroatoms. The minimum atomic E-state index is -0.0730. The summed E-state index contributed by atoms with van der Waals surface area (Å²) in [6, 6.07) is 23.6. The molecule has 1 amide bonds. The molecule has 1 atom stereocenters. The summed E-state index contributed by atoms with van der Waals surface area (Å²) in [6.07, 6.45) is 0. The van der Waals surface area contributed by atoms with Crippen LogP contribution < -0.4 is 10.1 Å². The zero-order valence-corrected chi connectivity index (χ0v) is 15.3. The highest BCUT2D eigenvalue weighted by Gasteiger charge is 2.13. The molecule has 0 spiro atoms. The number of nitrogens with one attached hydrogen (secondary N) is 1. The maximum absolute atomic E-state index is 12.7. The summed E-state index contributed by atoms with van der Waals surface area (Å²) < 4.78 is 5.22. The molecule has 0 radical (unpaired) electrons. The Kier molecular flexibility index (Phi) is 5.37. The van der Waals surface area contributed by atoms with Crippen LogP contribution in [0.5, 0.6) is 5.75 Å². The van der Waals surface area contributed by atoms with Crippen molar-refractivity contribution in [2.24, 2.45) is 0 Å². The van der Waals surface area contributed by atoms with E-state index >= 15 is 0 Å². The van der Waals surface area contributed by atoms with Crippen molar-refractivity contribution < 1.29 is 9.53 Å². The van der Waals surface area contributed by atoms with Gasteiger partial charge in [0.25, 0.3) is 5.91 Å². The Labute approximate surface area is 154 Å². The minimum absolute atomic E-state index is 0.0468. The Bertz CT molecular complexity index is 886. The second kappa shape index (κ2) is 7.87. The van der Waals surface area contributed by atoms with E-state index in [0.717, 1.165) is 28.0 Å². The molecule has 0 aliphatic heterocycles. The van der Waals surface area contributed by atoms with Crippen LogP contribution in [0.2, 0.25) is 0 Å². The molecule has 26 heavy (non-hydrogen) atoms. The Morgan fingerprint density at radius 3 is 2.31 bits per heavy atom. The molecule has 0 bridgehead atoms. The lowest BCUT2D eigenvalue weighted by molar-refractivity contribution is 0.0940. The number of methoxy groups -OCH3 is 1. The molecular formula is C23H23NO2. The second-order valence-corrected chi connectivity index (χ2v) is 6.36. The van der Waals surface area contributed by atoms with Gasteiger partial charge in [-0.25, -0.2) is 0 Å². The first-order valence-corrected chi connectivity index (χ1v) is 8.69. The second-order valence-electron chi connectivity index (χ2n) is 6.36. The molecule has 0 fully saturated rings. The molecule has 3 aromatic carbocycles. The van der Waals surface area contributed by atoms with E-state index in [9.17, 15) is 4.79 Å². The van der Waals surface area contributed by atoms with E-state index in [2.05, 4.69) is 5.32 Å². The monoisotopic (exact) mass is 345 g/mol. The maximum atomic E-state index is 12.7. The number of carbonyl (C=O) groups is 1. The molecule has 0 saturated carbocycles. The van der Waals surface area contributed by atoms with Gasteiger partial charge in [-0.2, -0.15) is 0 Å². The van der Waals surface area contributed by atoms with Gasteiger partial charge < -0.3 is 10.1 Å². The van der Waals surface area contributed by atoms with Gasteiger partial charge in [0.15, 0.2) is 0 Å². The first-order chi connectivity index (χ1) is 12.6. The van der Waals surface area contributed by atoms with Crippen LogP contribution in [0.3, 0.4) is 0 Å². The normalized spacial score (nSPS) is 11.7. The van der Waals surface area contributed by atoms with Gasteiger partial charge in [-0.3, -0.25) is 4.79 Å². The summed E-state index contributed by atoms with van der Waals surface area (Å²) in [6.45, 7) is 4.04. The fraction of sp³-hybridized carbons (Fsp3) is 0.174. The van der Waals surface area contributed by atoms with E-state index < -0.39 is 0 Å². The Hall–Kier alpha value is -3.07. The molecule has 3 rings (SSSR count). The smallest absolute Gasteiger partial charge is 0.251 e. The van der Waals surface area contributed by atoms with Crippen LogP contribution in [0.4, 0.5) is 0 Å². The number of hydrogen-bond donors (Lipinski definition) is 1. The predicted octanol–water partition coefficient (Wildman–Crippen LogP) is 5.16. The van der Waals surface area contributed by atoms with Gasteiger partial charge in [-0.15, -0.1) is 0 Å². The number of amides is 1. The summed E-state index contributed by atoms with van der Waals surface area (Å²) in [5, 5.41) is 3.07. The molecule has 0 saturated heterocycles. The van der Waals surface area contributed by atoms with Crippen molar-refractivity contribution in [3.8, 4) is 16.9 Å². The number of rotatable bonds is 5. The molecule has 0 aromatic heterocycles. The molecule has 3 nitrogen and oxygen atoms in total. The van der Waals surface area contributed by atoms with Crippen molar-refractivity contribution in [3.05, 3.63) is 89.5 Å². The van der Waals surface area contributed by atoms with E-state index in [1.807, 2.05) is 86.6 Å². The first kappa shape index (κ1) is 17.7. The molecule has 0 aliphatic rings. The highest BCUT2D eigenvalue weighted by atomic mass is 16.5. The predicted molar refractivity (Wildman–Crippen MR) is 105 cm³/mol. The fourth-order valence-corrected chi connectivity index (χ4v) is 2.95. The number of ether oxygens (including phenoxy) is 1. The number of aryl methyl sites for hydroxylation is 1. The van der Waals surface area contributed by atoms with Crippen LogP contribution in [-0.4, -0.2) is 13.0 Å². The zero-order chi connectivity index (χ0) is 18.5. The van der Waals surface area contributed by atoms with Crippen molar-refractivity contribution in [3.63, 3.8) is 0 Å². The summed E-state index contributed by atoms with van der Waals surface area (Å²) in [7, 11) is 1.65. The van der Waals surface area contributed by atoms with Crippen LogP contribution in [-0.2, 0) is 0 Å². The van der Waals surface area contributed by atoms with Gasteiger partial charge in [0.2, 0.25) is 0 Å². The van der Waals surface area contributed by atoms with Crippen LogP contribution >= 0.6 is 0 Å². The Morgan fingerprint density at radius 1 is 0.962 bits per heavy atom. The lowest BCUT2D eigenvalue weighted by atomic mass is 9.97. The van der Waals surface area contributed by atoms with E-state index in [-0.39, 0.29) is 11.9 Å². The maximum Gasteiger partial charge on any atom is 0.251 e. The lowest BCUT2D eigenvalue weighted by Gasteiger charge is -2.15. The van der Waals surface area contributed by atoms with Crippen molar-refractivity contribution in [1.29, 1.82) is 0 Å². The van der Waals surface area contributed by atoms with Crippen molar-refractivity contribution in [2.75, 3.05) is 7.11 Å². The SMILES string of the molecule is COc1ccc(-c2cc(C(=O)NC(C)c3ccccc3)ccc2C)cc1. The molecule has 1 unspecified atom stereocenters. The van der Waals surface area contributed by atoms with E-state index in [4.69, 9.17) is 4.74 Å². The van der Waals surface area contributed by atoms with Gasteiger partial charge in [-0.1, -0.05) is 48.5 Å². The molecule has 1 N–H and O–H groups in total. The van der Waals surface area contributed by atoms with E-state index in [1.54, 1.807) is 7.11 Å². The Balaban J connectivity index is 1.83. The summed E-state index contributed by atoms with van der Waals surface area (Å²) in [5.41, 5.74) is 4.98. The van der Waals surface area contributed by atoms with Crippen molar-refractivity contribution in [2.45, 2.75) is 19.9 Å². The number of hydrogen-bond acceptors (Lipinski definition) is 2. The highest BCUT2D eigenvalue weighted by Crippen LogP contribution is 2.27. The molecule has 132 valence electrons. The quantitative estimate of drug-likeness (QED) is 0.693. The van der Waals surface area contributed by atoms with Gasteiger partial charge >= 0.3 is 0 Å². The first-order valence-electron chi connectivity index (χ1n) is 8.69. The Morgan fingerprint density at radius 2 is 1.65 bits per heavy atom. The third-order valence-corrected chi connectivity index (χ3v) is 4.55. The van der Waals surface area contributed by atoms with E-state index in [0.29, 0.717) is 5.56 Å². The molecule has 3 aromatic rings.